The van der Waals surface area contributed by atoms with Crippen molar-refractivity contribution in [1.29, 1.82) is 0 Å². The highest BCUT2D eigenvalue weighted by molar-refractivity contribution is 7.99. The molecule has 0 spiro atoms. The molecule has 2 nitrogen and oxygen atoms in total. The predicted molar refractivity (Wildman–Crippen MR) is 85.3 cm³/mol. The maximum Gasteiger partial charge on any atom is 0.0399 e. The number of rotatable bonds is 4. The maximum absolute atomic E-state index is 3.44. The van der Waals surface area contributed by atoms with Crippen LogP contribution in [0, 0.1) is 0 Å². The average Bonchev–Trinajstić information content (AvgIpc) is 2.49. The highest BCUT2D eigenvalue weighted by Gasteiger charge is 2.17. The fraction of sp³-hybridized carbons (Fsp3) is 0.625. The molecule has 2 heterocycles. The Balaban J connectivity index is 1.50. The Labute approximate surface area is 121 Å². The van der Waals surface area contributed by atoms with E-state index in [9.17, 15) is 0 Å². The van der Waals surface area contributed by atoms with E-state index in [0.717, 1.165) is 5.25 Å². The van der Waals surface area contributed by atoms with Crippen molar-refractivity contribution in [1.82, 2.24) is 5.32 Å². The van der Waals surface area contributed by atoms with E-state index in [-0.39, 0.29) is 0 Å². The SMILES string of the molecule is c1ccc2c(c1)CCCN2CCSC1CCNCC1. The molecule has 1 saturated heterocycles. The predicted octanol–water partition coefficient (Wildman–Crippen LogP) is 2.92. The molecule has 0 atom stereocenters. The zero-order valence-electron chi connectivity index (χ0n) is 11.6. The molecule has 1 fully saturated rings. The lowest BCUT2D eigenvalue weighted by molar-refractivity contribution is 0.531. The van der Waals surface area contributed by atoms with Crippen LogP contribution in [0.3, 0.4) is 0 Å². The highest BCUT2D eigenvalue weighted by Crippen LogP contribution is 2.27. The highest BCUT2D eigenvalue weighted by atomic mass is 32.2. The molecule has 1 aromatic carbocycles. The van der Waals surface area contributed by atoms with Crippen LogP contribution in [0.15, 0.2) is 24.3 Å². The number of hydrogen-bond donors (Lipinski definition) is 1. The number of nitrogens with zero attached hydrogens (tertiary/aromatic N) is 1. The van der Waals surface area contributed by atoms with E-state index < -0.39 is 0 Å². The maximum atomic E-state index is 3.44. The standard InChI is InChI=1S/C16H24N2S/c1-2-6-16-14(4-1)5-3-11-18(16)12-13-19-15-7-9-17-10-8-15/h1-2,4,6,15,17H,3,5,7-13H2. The fourth-order valence-electron chi connectivity index (χ4n) is 3.14. The van der Waals surface area contributed by atoms with Crippen molar-refractivity contribution >= 4 is 17.4 Å². The van der Waals surface area contributed by atoms with E-state index in [1.54, 1.807) is 5.56 Å². The average molecular weight is 276 g/mol. The first-order valence-corrected chi connectivity index (χ1v) is 8.63. The van der Waals surface area contributed by atoms with Gasteiger partial charge in [0.25, 0.3) is 0 Å². The van der Waals surface area contributed by atoms with E-state index in [1.165, 1.54) is 63.3 Å². The van der Waals surface area contributed by atoms with Gasteiger partial charge in [0.1, 0.15) is 0 Å². The van der Waals surface area contributed by atoms with Crippen molar-refractivity contribution in [2.75, 3.05) is 36.8 Å². The van der Waals surface area contributed by atoms with Crippen molar-refractivity contribution in [3.05, 3.63) is 29.8 Å². The number of hydrogen-bond acceptors (Lipinski definition) is 3. The number of para-hydroxylation sites is 1. The van der Waals surface area contributed by atoms with Crippen molar-refractivity contribution in [3.8, 4) is 0 Å². The van der Waals surface area contributed by atoms with Crippen molar-refractivity contribution in [2.45, 2.75) is 30.9 Å². The Morgan fingerprint density at radius 3 is 2.95 bits per heavy atom. The van der Waals surface area contributed by atoms with Gasteiger partial charge in [-0.1, -0.05) is 18.2 Å². The van der Waals surface area contributed by atoms with Gasteiger partial charge in [0.2, 0.25) is 0 Å². The van der Waals surface area contributed by atoms with Crippen LogP contribution in [0.4, 0.5) is 5.69 Å². The lowest BCUT2D eigenvalue weighted by Gasteiger charge is -2.32. The summed E-state index contributed by atoms with van der Waals surface area (Å²) in [5, 5.41) is 4.33. The van der Waals surface area contributed by atoms with Crippen LogP contribution in [0.1, 0.15) is 24.8 Å². The normalized spacial score (nSPS) is 20.3. The topological polar surface area (TPSA) is 15.3 Å². The Bertz CT molecular complexity index is 401. The minimum Gasteiger partial charge on any atom is -0.370 e. The summed E-state index contributed by atoms with van der Waals surface area (Å²) < 4.78 is 0. The summed E-state index contributed by atoms with van der Waals surface area (Å²) in [6.45, 7) is 4.88. The Morgan fingerprint density at radius 1 is 1.21 bits per heavy atom. The second-order valence-corrected chi connectivity index (χ2v) is 6.95. The van der Waals surface area contributed by atoms with Crippen LogP contribution in [0.2, 0.25) is 0 Å². The molecule has 0 aromatic heterocycles. The molecule has 104 valence electrons. The van der Waals surface area contributed by atoms with Crippen molar-refractivity contribution in [2.24, 2.45) is 0 Å². The molecule has 2 aliphatic heterocycles. The van der Waals surface area contributed by atoms with Gasteiger partial charge in [0.15, 0.2) is 0 Å². The molecule has 1 aromatic rings. The molecule has 0 aliphatic carbocycles. The number of nitrogens with one attached hydrogen (secondary N) is 1. The molecule has 0 radical (unpaired) electrons. The largest absolute Gasteiger partial charge is 0.370 e. The molecule has 0 amide bonds. The summed E-state index contributed by atoms with van der Waals surface area (Å²) in [4.78, 5) is 2.59. The molecule has 0 bridgehead atoms. The summed E-state index contributed by atoms with van der Waals surface area (Å²) in [5.41, 5.74) is 3.03. The van der Waals surface area contributed by atoms with Crippen molar-refractivity contribution in [3.63, 3.8) is 0 Å². The summed E-state index contributed by atoms with van der Waals surface area (Å²) in [5.74, 6) is 1.28. The molecule has 19 heavy (non-hydrogen) atoms. The summed E-state index contributed by atoms with van der Waals surface area (Å²) >= 11 is 2.18. The van der Waals surface area contributed by atoms with Gasteiger partial charge >= 0.3 is 0 Å². The third-order valence-corrected chi connectivity index (χ3v) is 5.57. The summed E-state index contributed by atoms with van der Waals surface area (Å²) in [6.07, 6.45) is 5.27. The van der Waals surface area contributed by atoms with Crippen LogP contribution in [-0.4, -0.2) is 37.2 Å². The fourth-order valence-corrected chi connectivity index (χ4v) is 4.36. The number of anilines is 1. The Kier molecular flexibility index (Phi) is 4.67. The lowest BCUT2D eigenvalue weighted by atomic mass is 10.0. The third kappa shape index (κ3) is 3.46. The molecule has 0 unspecified atom stereocenters. The number of aryl methyl sites for hydroxylation is 1. The summed E-state index contributed by atoms with van der Waals surface area (Å²) in [6, 6.07) is 8.94. The van der Waals surface area contributed by atoms with Crippen LogP contribution < -0.4 is 10.2 Å². The number of benzene rings is 1. The van der Waals surface area contributed by atoms with E-state index in [1.807, 2.05) is 0 Å². The van der Waals surface area contributed by atoms with E-state index in [0.29, 0.717) is 0 Å². The van der Waals surface area contributed by atoms with Gasteiger partial charge in [0.05, 0.1) is 0 Å². The minimum absolute atomic E-state index is 0.890. The van der Waals surface area contributed by atoms with Crippen molar-refractivity contribution < 1.29 is 0 Å². The molecule has 3 rings (SSSR count). The molecule has 2 aliphatic rings. The first kappa shape index (κ1) is 13.3. The van der Waals surface area contributed by atoms with Gasteiger partial charge in [-0.15, -0.1) is 0 Å². The first-order valence-electron chi connectivity index (χ1n) is 7.58. The van der Waals surface area contributed by atoms with Crippen LogP contribution in [0.25, 0.3) is 0 Å². The summed E-state index contributed by atoms with van der Waals surface area (Å²) in [7, 11) is 0. The van der Waals surface area contributed by atoms with Gasteiger partial charge in [-0.3, -0.25) is 0 Å². The molecular weight excluding hydrogens is 252 g/mol. The van der Waals surface area contributed by atoms with Crippen LogP contribution >= 0.6 is 11.8 Å². The second kappa shape index (κ2) is 6.67. The van der Waals surface area contributed by atoms with E-state index in [4.69, 9.17) is 0 Å². The molecule has 1 N–H and O–H groups in total. The smallest absolute Gasteiger partial charge is 0.0399 e. The van der Waals surface area contributed by atoms with Crippen LogP contribution in [0.5, 0.6) is 0 Å². The van der Waals surface area contributed by atoms with Gasteiger partial charge in [-0.2, -0.15) is 11.8 Å². The zero-order chi connectivity index (χ0) is 12.9. The Hall–Kier alpha value is -0.670. The first-order chi connectivity index (χ1) is 9.43. The quantitative estimate of drug-likeness (QED) is 0.910. The number of piperidine rings is 1. The van der Waals surface area contributed by atoms with Gasteiger partial charge in [-0.25, -0.2) is 0 Å². The monoisotopic (exact) mass is 276 g/mol. The number of fused-ring (bicyclic) bond motifs is 1. The lowest BCUT2D eigenvalue weighted by Crippen LogP contribution is -2.33. The Morgan fingerprint density at radius 2 is 2.05 bits per heavy atom. The van der Waals surface area contributed by atoms with E-state index in [2.05, 4.69) is 46.2 Å². The molecule has 0 saturated carbocycles. The van der Waals surface area contributed by atoms with Gasteiger partial charge in [0, 0.05) is 29.8 Å². The second-order valence-electron chi connectivity index (χ2n) is 5.54. The zero-order valence-corrected chi connectivity index (χ0v) is 12.4. The van der Waals surface area contributed by atoms with Crippen LogP contribution in [-0.2, 0) is 6.42 Å². The third-order valence-electron chi connectivity index (χ3n) is 4.21. The molecular formula is C16H24N2S. The van der Waals surface area contributed by atoms with Gasteiger partial charge < -0.3 is 10.2 Å². The van der Waals surface area contributed by atoms with E-state index >= 15 is 0 Å². The minimum atomic E-state index is 0.890. The molecule has 3 heteroatoms. The van der Waals surface area contributed by atoms with Gasteiger partial charge in [-0.05, 0) is 50.4 Å². The number of thioether (sulfide) groups is 1.